The third kappa shape index (κ3) is 7.72. The lowest BCUT2D eigenvalue weighted by atomic mass is 10.0. The number of amides is 2. The predicted octanol–water partition coefficient (Wildman–Crippen LogP) is 5.53. The van der Waals surface area contributed by atoms with Crippen molar-refractivity contribution in [1.29, 1.82) is 0 Å². The maximum atomic E-state index is 13.0. The van der Waals surface area contributed by atoms with Crippen LogP contribution in [0.3, 0.4) is 0 Å². The zero-order valence-electron chi connectivity index (χ0n) is 19.9. The molecule has 7 nitrogen and oxygen atoms in total. The van der Waals surface area contributed by atoms with Gasteiger partial charge in [-0.05, 0) is 43.0 Å². The Balaban J connectivity index is 1.70. The Hall–Kier alpha value is -2.55. The molecule has 10 heteroatoms. The first-order valence-electron chi connectivity index (χ1n) is 11.4. The van der Waals surface area contributed by atoms with Crippen molar-refractivity contribution in [2.45, 2.75) is 51.5 Å². The number of benzene rings is 2. The number of nitrogens with one attached hydrogen (secondary N) is 2. The number of halogens is 2. The van der Waals surface area contributed by atoms with Crippen molar-refractivity contribution in [1.82, 2.24) is 25.4 Å². The molecule has 1 heterocycles. The van der Waals surface area contributed by atoms with Crippen LogP contribution in [-0.4, -0.2) is 32.3 Å². The third-order valence-electron chi connectivity index (χ3n) is 5.23. The van der Waals surface area contributed by atoms with E-state index in [-0.39, 0.29) is 28.6 Å². The Bertz CT molecular complexity index is 1150. The Morgan fingerprint density at radius 3 is 2.49 bits per heavy atom. The summed E-state index contributed by atoms with van der Waals surface area (Å²) in [5, 5.41) is 16.1. The second-order valence-corrected chi connectivity index (χ2v) is 10.2. The molecular weight excluding hydrogens is 505 g/mol. The van der Waals surface area contributed by atoms with Gasteiger partial charge in [-0.15, -0.1) is 10.2 Å². The standard InChI is InChI=1S/C25H29Cl2N5O2S/c1-4-32-23(21(12-16(2)3)29-24(34)19-11-10-18(26)13-20(19)27)30-31-25(32)35-15-22(33)28-14-17-8-6-5-7-9-17/h5-11,13,16,21H,4,12,14-15H2,1-3H3,(H,28,33)(H,29,34)/t21-/m1/s1. The second-order valence-electron chi connectivity index (χ2n) is 8.42. The van der Waals surface area contributed by atoms with Gasteiger partial charge in [-0.3, -0.25) is 9.59 Å². The summed E-state index contributed by atoms with van der Waals surface area (Å²) in [6.07, 6.45) is 0.664. The van der Waals surface area contributed by atoms with Gasteiger partial charge in [0.25, 0.3) is 5.91 Å². The molecule has 0 saturated carbocycles. The molecule has 1 atom stereocenters. The summed E-state index contributed by atoms with van der Waals surface area (Å²) in [6, 6.07) is 14.2. The Morgan fingerprint density at radius 2 is 1.83 bits per heavy atom. The average molecular weight is 535 g/mol. The Kier molecular flexibility index (Phi) is 10.0. The molecule has 2 aromatic carbocycles. The fraction of sp³-hybridized carbons (Fsp3) is 0.360. The minimum absolute atomic E-state index is 0.0875. The number of carbonyl (C=O) groups excluding carboxylic acids is 2. The zero-order valence-corrected chi connectivity index (χ0v) is 22.3. The van der Waals surface area contributed by atoms with Crippen molar-refractivity contribution >= 4 is 46.8 Å². The van der Waals surface area contributed by atoms with E-state index < -0.39 is 0 Å². The molecule has 0 aliphatic rings. The molecule has 0 saturated heterocycles. The number of thioether (sulfide) groups is 1. The van der Waals surface area contributed by atoms with Gasteiger partial charge in [0.05, 0.1) is 22.4 Å². The van der Waals surface area contributed by atoms with E-state index >= 15 is 0 Å². The lowest BCUT2D eigenvalue weighted by Gasteiger charge is -2.21. The van der Waals surface area contributed by atoms with Crippen molar-refractivity contribution in [3.8, 4) is 0 Å². The number of hydrogen-bond donors (Lipinski definition) is 2. The van der Waals surface area contributed by atoms with Crippen molar-refractivity contribution in [3.05, 3.63) is 75.5 Å². The van der Waals surface area contributed by atoms with Crippen molar-refractivity contribution in [2.75, 3.05) is 5.75 Å². The van der Waals surface area contributed by atoms with Gasteiger partial charge in [-0.2, -0.15) is 0 Å². The van der Waals surface area contributed by atoms with Crippen molar-refractivity contribution in [2.24, 2.45) is 5.92 Å². The van der Waals surface area contributed by atoms with Crippen LogP contribution in [0.5, 0.6) is 0 Å². The maximum Gasteiger partial charge on any atom is 0.253 e. The third-order valence-corrected chi connectivity index (χ3v) is 6.74. The van der Waals surface area contributed by atoms with Crippen LogP contribution in [0.25, 0.3) is 0 Å². The van der Waals surface area contributed by atoms with Gasteiger partial charge in [0.15, 0.2) is 11.0 Å². The molecule has 2 amide bonds. The Morgan fingerprint density at radius 1 is 1.09 bits per heavy atom. The van der Waals surface area contributed by atoms with Gasteiger partial charge < -0.3 is 15.2 Å². The predicted molar refractivity (Wildman–Crippen MR) is 141 cm³/mol. The van der Waals surface area contributed by atoms with E-state index in [1.54, 1.807) is 18.2 Å². The van der Waals surface area contributed by atoms with Crippen LogP contribution in [0, 0.1) is 5.92 Å². The molecule has 0 radical (unpaired) electrons. The van der Waals surface area contributed by atoms with E-state index in [1.165, 1.54) is 11.8 Å². The van der Waals surface area contributed by atoms with Crippen LogP contribution < -0.4 is 10.6 Å². The highest BCUT2D eigenvalue weighted by Crippen LogP contribution is 2.27. The van der Waals surface area contributed by atoms with Crippen LogP contribution in [0.2, 0.25) is 10.0 Å². The number of hydrogen-bond acceptors (Lipinski definition) is 5. The molecule has 3 rings (SSSR count). The second kappa shape index (κ2) is 13.0. The van der Waals surface area contributed by atoms with Crippen LogP contribution in [-0.2, 0) is 17.9 Å². The van der Waals surface area contributed by atoms with Crippen LogP contribution in [0.15, 0.2) is 53.7 Å². The molecule has 186 valence electrons. The summed E-state index contributed by atoms with van der Waals surface area (Å²) >= 11 is 13.5. The maximum absolute atomic E-state index is 13.0. The summed E-state index contributed by atoms with van der Waals surface area (Å²) in [7, 11) is 0. The van der Waals surface area contributed by atoms with Gasteiger partial charge in [0.2, 0.25) is 5.91 Å². The molecular formula is C25H29Cl2N5O2S. The molecule has 0 aliphatic heterocycles. The molecule has 0 fully saturated rings. The van der Waals surface area contributed by atoms with E-state index in [9.17, 15) is 9.59 Å². The number of rotatable bonds is 11. The highest BCUT2D eigenvalue weighted by molar-refractivity contribution is 7.99. The SMILES string of the molecule is CCn1c(SCC(=O)NCc2ccccc2)nnc1[C@@H](CC(C)C)NC(=O)c1ccc(Cl)cc1Cl. The molecule has 1 aromatic heterocycles. The zero-order chi connectivity index (χ0) is 25.4. The molecule has 3 aromatic rings. The quantitative estimate of drug-likeness (QED) is 0.316. The molecule has 0 aliphatic carbocycles. The summed E-state index contributed by atoms with van der Waals surface area (Å²) in [5.41, 5.74) is 1.38. The van der Waals surface area contributed by atoms with E-state index in [0.717, 1.165) is 5.56 Å². The summed E-state index contributed by atoms with van der Waals surface area (Å²) < 4.78 is 1.94. The van der Waals surface area contributed by atoms with Crippen molar-refractivity contribution in [3.63, 3.8) is 0 Å². The summed E-state index contributed by atoms with van der Waals surface area (Å²) in [6.45, 7) is 7.21. The minimum Gasteiger partial charge on any atom is -0.351 e. The smallest absolute Gasteiger partial charge is 0.253 e. The van der Waals surface area contributed by atoms with E-state index in [1.807, 2.05) is 41.8 Å². The van der Waals surface area contributed by atoms with Crippen molar-refractivity contribution < 1.29 is 9.59 Å². The first kappa shape index (κ1) is 27.0. The van der Waals surface area contributed by atoms with Gasteiger partial charge in [-0.25, -0.2) is 0 Å². The normalized spacial score (nSPS) is 11.9. The lowest BCUT2D eigenvalue weighted by Crippen LogP contribution is -2.32. The van der Waals surface area contributed by atoms with Gasteiger partial charge in [0, 0.05) is 18.1 Å². The Labute approximate surface area is 220 Å². The highest BCUT2D eigenvalue weighted by atomic mass is 35.5. The largest absolute Gasteiger partial charge is 0.351 e. The van der Waals surface area contributed by atoms with Crippen LogP contribution in [0.1, 0.15) is 55.0 Å². The number of aromatic nitrogens is 3. The molecule has 0 unspecified atom stereocenters. The molecule has 0 bridgehead atoms. The average Bonchev–Trinajstić information content (AvgIpc) is 3.24. The van der Waals surface area contributed by atoms with Gasteiger partial charge >= 0.3 is 0 Å². The van der Waals surface area contributed by atoms with E-state index in [2.05, 4.69) is 34.7 Å². The van der Waals surface area contributed by atoms with Gasteiger partial charge in [-0.1, -0.05) is 79.1 Å². The first-order chi connectivity index (χ1) is 16.8. The topological polar surface area (TPSA) is 88.9 Å². The number of carbonyl (C=O) groups is 2. The van der Waals surface area contributed by atoms with E-state index in [0.29, 0.717) is 47.0 Å². The van der Waals surface area contributed by atoms with Crippen LogP contribution >= 0.6 is 35.0 Å². The summed E-state index contributed by atoms with van der Waals surface area (Å²) in [4.78, 5) is 25.4. The fourth-order valence-electron chi connectivity index (χ4n) is 3.55. The first-order valence-corrected chi connectivity index (χ1v) is 13.1. The molecule has 2 N–H and O–H groups in total. The molecule has 35 heavy (non-hydrogen) atoms. The molecule has 0 spiro atoms. The highest BCUT2D eigenvalue weighted by Gasteiger charge is 2.25. The number of nitrogens with zero attached hydrogens (tertiary/aromatic N) is 3. The van der Waals surface area contributed by atoms with Crippen LogP contribution in [0.4, 0.5) is 0 Å². The monoisotopic (exact) mass is 533 g/mol. The lowest BCUT2D eigenvalue weighted by molar-refractivity contribution is -0.118. The van der Waals surface area contributed by atoms with E-state index in [4.69, 9.17) is 23.2 Å². The minimum atomic E-state index is -0.372. The summed E-state index contributed by atoms with van der Waals surface area (Å²) in [5.74, 6) is 0.759. The fourth-order valence-corrected chi connectivity index (χ4v) is 4.88. The van der Waals surface area contributed by atoms with Gasteiger partial charge in [0.1, 0.15) is 0 Å².